The molecule has 0 N–H and O–H groups in total. The maximum absolute atomic E-state index is 5.49. The Morgan fingerprint density at radius 1 is 1.20 bits per heavy atom. The number of rotatable bonds is 0. The van der Waals surface area contributed by atoms with Gasteiger partial charge in [0.1, 0.15) is 0 Å². The van der Waals surface area contributed by atoms with Gasteiger partial charge in [-0.3, -0.25) is 0 Å². The maximum Gasteiger partial charge on any atom is 0.0562 e. The van der Waals surface area contributed by atoms with Gasteiger partial charge in [-0.1, -0.05) is 19.6 Å². The van der Waals surface area contributed by atoms with Crippen LogP contribution >= 0.6 is 0 Å². The molecule has 0 bridgehead atoms. The second-order valence-electron chi connectivity index (χ2n) is 2.37. The van der Waals surface area contributed by atoms with Gasteiger partial charge in [0.25, 0.3) is 0 Å². The lowest BCUT2D eigenvalue weighted by Gasteiger charge is -2.02. The van der Waals surface area contributed by atoms with Gasteiger partial charge < -0.3 is 0 Å². The van der Waals surface area contributed by atoms with E-state index in [2.05, 4.69) is 19.6 Å². The molecular weight excluding hydrogens is 74.9 g/mol. The predicted molar refractivity (Wildman–Crippen MR) is 29.1 cm³/mol. The van der Waals surface area contributed by atoms with E-state index in [1.165, 1.54) is 0 Å². The molecule has 0 rings (SSSR count). The van der Waals surface area contributed by atoms with Gasteiger partial charge in [0, 0.05) is 0 Å². The van der Waals surface area contributed by atoms with E-state index in [0.29, 0.717) is 0 Å². The van der Waals surface area contributed by atoms with Crippen molar-refractivity contribution < 1.29 is 0 Å². The van der Waals surface area contributed by atoms with Gasteiger partial charge >= 0.3 is 0 Å². The minimum atomic E-state index is -1.11. The van der Waals surface area contributed by atoms with Gasteiger partial charge in [0.2, 0.25) is 0 Å². The average Bonchev–Trinajstić information content (AvgIpc) is 0.722. The summed E-state index contributed by atoms with van der Waals surface area (Å²) < 4.78 is 0. The van der Waals surface area contributed by atoms with E-state index in [4.69, 9.17) is 7.44 Å². The largest absolute Gasteiger partial charge is 0.0760 e. The van der Waals surface area contributed by atoms with Crippen LogP contribution in [0.25, 0.3) is 0 Å². The van der Waals surface area contributed by atoms with Crippen molar-refractivity contribution in [2.24, 2.45) is 0 Å². The molecular formula is C3H9BSi. The third-order valence-electron chi connectivity index (χ3n) is 0. The van der Waals surface area contributed by atoms with Gasteiger partial charge in [-0.25, -0.2) is 0 Å². The third-order valence-corrected chi connectivity index (χ3v) is 0. The Labute approximate surface area is 35.9 Å². The van der Waals surface area contributed by atoms with Crippen molar-refractivity contribution in [2.75, 3.05) is 0 Å². The summed E-state index contributed by atoms with van der Waals surface area (Å²) in [4.78, 5) is 0. The van der Waals surface area contributed by atoms with Crippen LogP contribution in [0.1, 0.15) is 0 Å². The summed E-state index contributed by atoms with van der Waals surface area (Å²) in [5.41, 5.74) is 0. The van der Waals surface area contributed by atoms with Gasteiger partial charge in [0.15, 0.2) is 0 Å². The first-order valence-electron chi connectivity index (χ1n) is 1.79. The van der Waals surface area contributed by atoms with Crippen molar-refractivity contribution in [2.45, 2.75) is 19.6 Å². The zero-order valence-electron chi connectivity index (χ0n) is 4.08. The van der Waals surface area contributed by atoms with Crippen LogP contribution in [-0.4, -0.2) is 15.4 Å². The fourth-order valence-corrected chi connectivity index (χ4v) is 0. The molecule has 0 aliphatic heterocycles. The molecule has 28 valence electrons. The Morgan fingerprint density at radius 2 is 1.20 bits per heavy atom. The summed E-state index contributed by atoms with van der Waals surface area (Å²) in [6.45, 7) is 6.31. The zero-order valence-corrected chi connectivity index (χ0v) is 5.08. The van der Waals surface area contributed by atoms with Crippen LogP contribution in [0.4, 0.5) is 0 Å². The Morgan fingerprint density at radius 3 is 1.20 bits per heavy atom. The first kappa shape index (κ1) is 5.28. The molecule has 0 spiro atoms. The first-order valence-corrected chi connectivity index (χ1v) is 5.37. The highest BCUT2D eigenvalue weighted by Crippen LogP contribution is 1.87. The van der Waals surface area contributed by atoms with E-state index in [0.717, 1.165) is 0 Å². The normalized spacial score (nSPS) is 11.8. The molecule has 0 saturated carbocycles. The Hall–Kier alpha value is 0.282. The van der Waals surface area contributed by atoms with Gasteiger partial charge in [-0.05, 0) is 7.94 Å². The number of hydrogen-bond donors (Lipinski definition) is 0. The second-order valence-corrected chi connectivity index (χ2v) is 7.10. The highest BCUT2D eigenvalue weighted by Gasteiger charge is 1.98. The van der Waals surface area contributed by atoms with Crippen LogP contribution in [-0.2, 0) is 0 Å². The average molecular weight is 84.0 g/mol. The molecule has 0 heterocycles. The van der Waals surface area contributed by atoms with Gasteiger partial charge in [-0.2, -0.15) is 0 Å². The molecule has 0 saturated heterocycles. The molecule has 0 aliphatic carbocycles. The maximum atomic E-state index is 5.49. The van der Waals surface area contributed by atoms with Crippen molar-refractivity contribution in [3.63, 3.8) is 0 Å². The lowest BCUT2D eigenvalue weighted by molar-refractivity contribution is 1.87. The molecule has 0 aromatic carbocycles. The summed E-state index contributed by atoms with van der Waals surface area (Å²) in [5, 5.41) is 0. The van der Waals surface area contributed by atoms with E-state index >= 15 is 0 Å². The van der Waals surface area contributed by atoms with E-state index in [1.807, 2.05) is 0 Å². The second kappa shape index (κ2) is 1.17. The standard InChI is InChI=1S/C3H9BSi/c1-5(2,3)4/h1-3H3. The molecule has 2 radical (unpaired) electrons. The highest BCUT2D eigenvalue weighted by molar-refractivity contribution is 7.15. The summed E-state index contributed by atoms with van der Waals surface area (Å²) >= 11 is 0. The summed E-state index contributed by atoms with van der Waals surface area (Å²) in [6, 6.07) is 0. The smallest absolute Gasteiger partial charge is 0.0562 e. The Kier molecular flexibility index (Phi) is 1.23. The summed E-state index contributed by atoms with van der Waals surface area (Å²) in [7, 11) is 4.38. The minimum absolute atomic E-state index is 1.11. The first-order chi connectivity index (χ1) is 2.00. The van der Waals surface area contributed by atoms with Crippen molar-refractivity contribution in [3.05, 3.63) is 0 Å². The van der Waals surface area contributed by atoms with Crippen LogP contribution in [0.2, 0.25) is 19.6 Å². The third kappa shape index (κ3) is 281. The quantitative estimate of drug-likeness (QED) is 0.384. The molecule has 0 unspecified atom stereocenters. The van der Waals surface area contributed by atoms with E-state index in [1.54, 1.807) is 0 Å². The van der Waals surface area contributed by atoms with Crippen LogP contribution in [0.5, 0.6) is 0 Å². The van der Waals surface area contributed by atoms with E-state index in [-0.39, 0.29) is 0 Å². The fraction of sp³-hybridized carbons (Fsp3) is 1.00. The van der Waals surface area contributed by atoms with Crippen molar-refractivity contribution in [1.82, 2.24) is 0 Å². The monoisotopic (exact) mass is 84.1 g/mol. The summed E-state index contributed by atoms with van der Waals surface area (Å²) in [6.07, 6.45) is 0. The molecule has 0 aromatic heterocycles. The van der Waals surface area contributed by atoms with E-state index < -0.39 is 7.94 Å². The van der Waals surface area contributed by atoms with Gasteiger partial charge in [-0.15, -0.1) is 0 Å². The van der Waals surface area contributed by atoms with Crippen molar-refractivity contribution >= 4 is 15.4 Å². The van der Waals surface area contributed by atoms with Crippen LogP contribution in [0, 0.1) is 0 Å². The van der Waals surface area contributed by atoms with E-state index in [9.17, 15) is 0 Å². The van der Waals surface area contributed by atoms with Gasteiger partial charge in [0.05, 0.1) is 7.44 Å². The molecule has 0 amide bonds. The van der Waals surface area contributed by atoms with Crippen LogP contribution < -0.4 is 0 Å². The molecule has 5 heavy (non-hydrogen) atoms. The van der Waals surface area contributed by atoms with Crippen molar-refractivity contribution in [1.29, 1.82) is 0 Å². The van der Waals surface area contributed by atoms with Crippen molar-refractivity contribution in [3.8, 4) is 0 Å². The van der Waals surface area contributed by atoms with Crippen LogP contribution in [0.3, 0.4) is 0 Å². The lowest BCUT2D eigenvalue weighted by atomic mass is 10.7. The molecule has 0 aliphatic rings. The Bertz CT molecular complexity index is 22.4. The van der Waals surface area contributed by atoms with Crippen LogP contribution in [0.15, 0.2) is 0 Å². The zero-order chi connectivity index (χ0) is 4.50. The topological polar surface area (TPSA) is 0 Å². The predicted octanol–water partition coefficient (Wildman–Crippen LogP) is 0.990. The molecule has 0 nitrogen and oxygen atoms in total. The molecule has 2 heteroatoms. The number of hydrogen-bond acceptors (Lipinski definition) is 0. The molecule has 0 fully saturated rings. The minimum Gasteiger partial charge on any atom is -0.0760 e. The lowest BCUT2D eigenvalue weighted by Crippen LogP contribution is -2.18. The molecule has 0 atom stereocenters. The SMILES string of the molecule is [B][Si](C)(C)C. The fourth-order valence-electron chi connectivity index (χ4n) is 0. The Balaban J connectivity index is 3.02. The highest BCUT2D eigenvalue weighted by atomic mass is 28.3. The summed E-state index contributed by atoms with van der Waals surface area (Å²) in [5.74, 6) is 0. The molecule has 0 aromatic rings.